The van der Waals surface area contributed by atoms with Gasteiger partial charge in [0.1, 0.15) is 7.28 Å². The zero-order valence-electron chi connectivity index (χ0n) is 6.90. The fourth-order valence-electron chi connectivity index (χ4n) is 3.13. The van der Waals surface area contributed by atoms with Crippen LogP contribution in [-0.4, -0.2) is 7.28 Å². The highest BCUT2D eigenvalue weighted by Gasteiger charge is 2.44. The summed E-state index contributed by atoms with van der Waals surface area (Å²) in [5.41, 5.74) is 0. The molecule has 1 radical (unpaired) electrons. The van der Waals surface area contributed by atoms with Crippen molar-refractivity contribution >= 4 is 7.28 Å². The number of fused-ring (bicyclic) bond motifs is 1. The summed E-state index contributed by atoms with van der Waals surface area (Å²) in [6, 6.07) is 0. The van der Waals surface area contributed by atoms with Gasteiger partial charge in [-0.05, 0) is 5.92 Å². The molecule has 0 aromatic rings. The summed E-state index contributed by atoms with van der Waals surface area (Å²) >= 11 is 0. The Bertz CT molecular complexity index is 121. The van der Waals surface area contributed by atoms with Crippen molar-refractivity contribution in [3.63, 3.8) is 0 Å². The predicted molar refractivity (Wildman–Crippen MR) is 45.5 cm³/mol. The van der Waals surface area contributed by atoms with Crippen LogP contribution in [0, 0.1) is 5.92 Å². The molecule has 0 atom stereocenters. The highest BCUT2D eigenvalue weighted by Crippen LogP contribution is 2.59. The molecule has 0 saturated heterocycles. The molecule has 0 nitrogen and oxygen atoms in total. The Morgan fingerprint density at radius 2 is 1.80 bits per heavy atom. The van der Waals surface area contributed by atoms with Gasteiger partial charge in [-0.15, -0.1) is 0 Å². The third-order valence-electron chi connectivity index (χ3n) is 3.78. The van der Waals surface area contributed by atoms with Crippen molar-refractivity contribution in [2.45, 2.75) is 50.7 Å². The van der Waals surface area contributed by atoms with Gasteiger partial charge in [-0.1, -0.05) is 50.7 Å². The van der Waals surface area contributed by atoms with Gasteiger partial charge in [0.05, 0.1) is 0 Å². The fraction of sp³-hybridized carbons (Fsp3) is 1.00. The van der Waals surface area contributed by atoms with E-state index in [9.17, 15) is 0 Å². The van der Waals surface area contributed by atoms with E-state index in [2.05, 4.69) is 14.1 Å². The van der Waals surface area contributed by atoms with Gasteiger partial charge >= 0.3 is 0 Å². The second kappa shape index (κ2) is 2.28. The molecule has 0 amide bonds. The SMILES string of the molecule is C[B]C12CCCC1CCC2. The minimum atomic E-state index is 0.722. The molecule has 2 aliphatic rings. The maximum atomic E-state index is 2.50. The summed E-state index contributed by atoms with van der Waals surface area (Å²) in [4.78, 5) is 0. The molecule has 2 saturated carbocycles. The Balaban J connectivity index is 2.15. The highest BCUT2D eigenvalue weighted by atomic mass is 14.4. The maximum absolute atomic E-state index is 2.50. The van der Waals surface area contributed by atoms with E-state index in [0.717, 1.165) is 11.2 Å². The second-order valence-electron chi connectivity index (χ2n) is 4.00. The van der Waals surface area contributed by atoms with Crippen LogP contribution in [0.25, 0.3) is 0 Å². The number of hydrogen-bond acceptors (Lipinski definition) is 0. The van der Waals surface area contributed by atoms with Crippen LogP contribution in [0.1, 0.15) is 38.5 Å². The van der Waals surface area contributed by atoms with Crippen LogP contribution in [0.4, 0.5) is 0 Å². The maximum Gasteiger partial charge on any atom is 0.114 e. The average Bonchev–Trinajstić information content (AvgIpc) is 2.42. The van der Waals surface area contributed by atoms with Crippen molar-refractivity contribution in [1.82, 2.24) is 0 Å². The fourth-order valence-corrected chi connectivity index (χ4v) is 3.13. The van der Waals surface area contributed by atoms with Gasteiger partial charge in [0, 0.05) is 0 Å². The Kier molecular flexibility index (Phi) is 1.54. The molecule has 1 heteroatoms. The first-order valence-corrected chi connectivity index (χ1v) is 4.68. The first-order chi connectivity index (χ1) is 4.87. The van der Waals surface area contributed by atoms with E-state index < -0.39 is 0 Å². The summed E-state index contributed by atoms with van der Waals surface area (Å²) in [5, 5.41) is 0.722. The van der Waals surface area contributed by atoms with Crippen molar-refractivity contribution in [1.29, 1.82) is 0 Å². The number of rotatable bonds is 1. The lowest BCUT2D eigenvalue weighted by Crippen LogP contribution is -2.17. The molecule has 0 aromatic carbocycles. The molecule has 0 aliphatic heterocycles. The van der Waals surface area contributed by atoms with Crippen LogP contribution in [0.15, 0.2) is 0 Å². The largest absolute Gasteiger partial charge is 0.114 e. The van der Waals surface area contributed by atoms with Gasteiger partial charge in [-0.3, -0.25) is 0 Å². The first kappa shape index (κ1) is 6.76. The van der Waals surface area contributed by atoms with Gasteiger partial charge in [-0.2, -0.15) is 0 Å². The highest BCUT2D eigenvalue weighted by molar-refractivity contribution is 6.38. The Labute approximate surface area is 64.6 Å². The molecule has 55 valence electrons. The molecular formula is C9H16B. The zero-order valence-corrected chi connectivity index (χ0v) is 6.90. The Morgan fingerprint density at radius 1 is 1.20 bits per heavy atom. The minimum absolute atomic E-state index is 0.722. The lowest BCUT2D eigenvalue weighted by Gasteiger charge is -2.26. The Morgan fingerprint density at radius 3 is 2.20 bits per heavy atom. The summed E-state index contributed by atoms with van der Waals surface area (Å²) in [5.74, 6) is 1.08. The summed E-state index contributed by atoms with van der Waals surface area (Å²) in [6.07, 6.45) is 9.01. The second-order valence-corrected chi connectivity index (χ2v) is 4.00. The Hall–Kier alpha value is 0.0649. The van der Waals surface area contributed by atoms with E-state index in [-0.39, 0.29) is 0 Å². The lowest BCUT2D eigenvalue weighted by molar-refractivity contribution is 0.475. The topological polar surface area (TPSA) is 0 Å². The van der Waals surface area contributed by atoms with Crippen molar-refractivity contribution in [3.8, 4) is 0 Å². The van der Waals surface area contributed by atoms with Crippen molar-refractivity contribution in [3.05, 3.63) is 0 Å². The van der Waals surface area contributed by atoms with Crippen LogP contribution >= 0.6 is 0 Å². The molecule has 0 bridgehead atoms. The van der Waals surface area contributed by atoms with Gasteiger partial charge in [0.15, 0.2) is 0 Å². The lowest BCUT2D eigenvalue weighted by atomic mass is 9.50. The molecule has 0 spiro atoms. The van der Waals surface area contributed by atoms with Gasteiger partial charge in [0.2, 0.25) is 0 Å². The molecule has 0 N–H and O–H groups in total. The van der Waals surface area contributed by atoms with Crippen LogP contribution in [0.2, 0.25) is 12.1 Å². The standard InChI is InChI=1S/C9H16B/c1-10-9-6-2-4-8(9)5-3-7-9/h8H,2-7H2,1H3. The van der Waals surface area contributed by atoms with Crippen molar-refractivity contribution < 1.29 is 0 Å². The summed E-state index contributed by atoms with van der Waals surface area (Å²) in [6.45, 7) is 2.27. The van der Waals surface area contributed by atoms with Crippen molar-refractivity contribution in [2.75, 3.05) is 0 Å². The molecule has 0 aromatic heterocycles. The third-order valence-corrected chi connectivity index (χ3v) is 3.78. The van der Waals surface area contributed by atoms with Crippen LogP contribution < -0.4 is 0 Å². The molecule has 2 fully saturated rings. The van der Waals surface area contributed by atoms with E-state index in [1.807, 2.05) is 0 Å². The van der Waals surface area contributed by atoms with Crippen LogP contribution in [-0.2, 0) is 0 Å². The predicted octanol–water partition coefficient (Wildman–Crippen LogP) is 2.88. The average molecular weight is 135 g/mol. The van der Waals surface area contributed by atoms with Gasteiger partial charge in [0.25, 0.3) is 0 Å². The van der Waals surface area contributed by atoms with E-state index in [0.29, 0.717) is 0 Å². The summed E-state index contributed by atoms with van der Waals surface area (Å²) < 4.78 is 0. The third kappa shape index (κ3) is 0.757. The number of hydrogen-bond donors (Lipinski definition) is 0. The molecular weight excluding hydrogens is 119 g/mol. The molecule has 0 heterocycles. The van der Waals surface area contributed by atoms with E-state index in [4.69, 9.17) is 0 Å². The van der Waals surface area contributed by atoms with Crippen LogP contribution in [0.5, 0.6) is 0 Å². The monoisotopic (exact) mass is 135 g/mol. The quantitative estimate of drug-likeness (QED) is 0.485. The minimum Gasteiger partial charge on any atom is -0.0914 e. The summed E-state index contributed by atoms with van der Waals surface area (Å²) in [7, 11) is 2.50. The van der Waals surface area contributed by atoms with Gasteiger partial charge < -0.3 is 0 Å². The van der Waals surface area contributed by atoms with Gasteiger partial charge in [-0.25, -0.2) is 0 Å². The smallest absolute Gasteiger partial charge is 0.0914 e. The first-order valence-electron chi connectivity index (χ1n) is 4.68. The normalized spacial score (nSPS) is 45.5. The zero-order chi connectivity index (χ0) is 7.03. The molecule has 2 aliphatic carbocycles. The van der Waals surface area contributed by atoms with Crippen molar-refractivity contribution in [2.24, 2.45) is 5.92 Å². The van der Waals surface area contributed by atoms with Crippen LogP contribution in [0.3, 0.4) is 0 Å². The molecule has 2 rings (SSSR count). The van der Waals surface area contributed by atoms with E-state index in [1.165, 1.54) is 38.5 Å². The van der Waals surface area contributed by atoms with E-state index >= 15 is 0 Å². The van der Waals surface area contributed by atoms with E-state index in [1.54, 1.807) is 0 Å². The molecule has 0 unspecified atom stereocenters. The molecule has 10 heavy (non-hydrogen) atoms.